The minimum absolute atomic E-state index is 0.180. The van der Waals surface area contributed by atoms with Gasteiger partial charge in [0.05, 0.1) is 5.54 Å². The lowest BCUT2D eigenvalue weighted by Gasteiger charge is -2.58. The van der Waals surface area contributed by atoms with E-state index >= 15 is 0 Å². The molecule has 3 heteroatoms. The number of likely N-dealkylation sites (tertiary alicyclic amines) is 1. The zero-order chi connectivity index (χ0) is 17.3. The highest BCUT2D eigenvalue weighted by Crippen LogP contribution is 2.41. The molecule has 0 aliphatic carbocycles. The van der Waals surface area contributed by atoms with Crippen LogP contribution in [0.5, 0.6) is 0 Å². The van der Waals surface area contributed by atoms with E-state index < -0.39 is 0 Å². The fourth-order valence-electron chi connectivity index (χ4n) is 3.56. The summed E-state index contributed by atoms with van der Waals surface area (Å²) < 4.78 is 0. The van der Waals surface area contributed by atoms with Crippen molar-refractivity contribution in [2.45, 2.75) is 39.3 Å². The summed E-state index contributed by atoms with van der Waals surface area (Å²) in [6, 6.07) is 20.2. The van der Waals surface area contributed by atoms with Crippen LogP contribution in [0.4, 0.5) is 11.4 Å². The van der Waals surface area contributed by atoms with E-state index in [9.17, 15) is 4.79 Å². The molecule has 24 heavy (non-hydrogen) atoms. The maximum atomic E-state index is 13.0. The summed E-state index contributed by atoms with van der Waals surface area (Å²) in [5.74, 6) is 0.678. The van der Waals surface area contributed by atoms with Crippen LogP contribution in [-0.2, 0) is 4.79 Å². The van der Waals surface area contributed by atoms with Crippen LogP contribution >= 0.6 is 0 Å². The molecule has 3 nitrogen and oxygen atoms in total. The SMILES string of the molecule is CC(C)CN1C(=O)[C@H](N(c2ccccc2)c2ccccc2)C1(C)C. The van der Waals surface area contributed by atoms with Gasteiger partial charge in [-0.1, -0.05) is 50.2 Å². The number of β-lactam (4-membered cyclic amide) rings is 1. The fourth-order valence-corrected chi connectivity index (χ4v) is 3.56. The molecule has 1 saturated heterocycles. The van der Waals surface area contributed by atoms with E-state index in [1.165, 1.54) is 0 Å². The standard InChI is InChI=1S/C21H26N2O/c1-16(2)15-22-20(24)19(21(22,3)4)23(17-11-7-5-8-12-17)18-13-9-6-10-14-18/h5-14,16,19H,15H2,1-4H3/t19-/m0/s1. The molecule has 1 heterocycles. The van der Waals surface area contributed by atoms with Crippen molar-refractivity contribution < 1.29 is 4.79 Å². The Labute approximate surface area is 144 Å². The third-order valence-electron chi connectivity index (χ3n) is 4.74. The zero-order valence-electron chi connectivity index (χ0n) is 14.9. The van der Waals surface area contributed by atoms with Crippen molar-refractivity contribution >= 4 is 17.3 Å². The first-order chi connectivity index (χ1) is 11.4. The van der Waals surface area contributed by atoms with E-state index in [-0.39, 0.29) is 17.5 Å². The van der Waals surface area contributed by atoms with E-state index in [0.29, 0.717) is 5.92 Å². The van der Waals surface area contributed by atoms with Crippen LogP contribution in [0.3, 0.4) is 0 Å². The molecule has 0 saturated carbocycles. The van der Waals surface area contributed by atoms with Crippen molar-refractivity contribution in [2.75, 3.05) is 11.4 Å². The number of carbonyl (C=O) groups is 1. The first kappa shape index (κ1) is 16.6. The Morgan fingerprint density at radius 3 is 1.79 bits per heavy atom. The van der Waals surface area contributed by atoms with Gasteiger partial charge in [-0.3, -0.25) is 4.79 Å². The molecular weight excluding hydrogens is 296 g/mol. The average molecular weight is 322 g/mol. The molecule has 1 aliphatic rings. The van der Waals surface area contributed by atoms with E-state index in [2.05, 4.69) is 56.9 Å². The Morgan fingerprint density at radius 1 is 0.958 bits per heavy atom. The number of hydrogen-bond donors (Lipinski definition) is 0. The number of carbonyl (C=O) groups excluding carboxylic acids is 1. The second kappa shape index (κ2) is 6.31. The van der Waals surface area contributed by atoms with Gasteiger partial charge in [-0.05, 0) is 44.0 Å². The summed E-state index contributed by atoms with van der Waals surface area (Å²) >= 11 is 0. The van der Waals surface area contributed by atoms with Gasteiger partial charge in [-0.25, -0.2) is 0 Å². The van der Waals surface area contributed by atoms with Gasteiger partial charge >= 0.3 is 0 Å². The molecule has 0 bridgehead atoms. The average Bonchev–Trinajstić information content (AvgIpc) is 2.58. The molecule has 126 valence electrons. The lowest BCUT2D eigenvalue weighted by Crippen LogP contribution is -2.76. The van der Waals surface area contributed by atoms with Gasteiger partial charge in [0.1, 0.15) is 6.04 Å². The van der Waals surface area contributed by atoms with Crippen LogP contribution in [-0.4, -0.2) is 28.9 Å². The van der Waals surface area contributed by atoms with Gasteiger partial charge < -0.3 is 9.80 Å². The maximum Gasteiger partial charge on any atom is 0.248 e. The first-order valence-electron chi connectivity index (χ1n) is 8.63. The van der Waals surface area contributed by atoms with Crippen molar-refractivity contribution in [3.63, 3.8) is 0 Å². The van der Waals surface area contributed by atoms with Crippen molar-refractivity contribution in [2.24, 2.45) is 5.92 Å². The lowest BCUT2D eigenvalue weighted by atomic mass is 9.79. The summed E-state index contributed by atoms with van der Waals surface area (Å²) in [6.45, 7) is 9.45. The highest BCUT2D eigenvalue weighted by Gasteiger charge is 2.56. The number of amides is 1. The molecule has 2 aromatic carbocycles. The Balaban J connectivity index is 2.00. The lowest BCUT2D eigenvalue weighted by molar-refractivity contribution is -0.158. The van der Waals surface area contributed by atoms with E-state index in [1.54, 1.807) is 0 Å². The number of benzene rings is 2. The van der Waals surface area contributed by atoms with Gasteiger partial charge in [-0.15, -0.1) is 0 Å². The number of hydrogen-bond acceptors (Lipinski definition) is 2. The van der Waals surface area contributed by atoms with E-state index in [4.69, 9.17) is 0 Å². The number of anilines is 2. The largest absolute Gasteiger partial charge is 0.333 e. The summed E-state index contributed by atoms with van der Waals surface area (Å²) in [7, 11) is 0. The van der Waals surface area contributed by atoms with E-state index in [0.717, 1.165) is 17.9 Å². The highest BCUT2D eigenvalue weighted by molar-refractivity contribution is 5.96. The van der Waals surface area contributed by atoms with Crippen molar-refractivity contribution in [1.29, 1.82) is 0 Å². The van der Waals surface area contributed by atoms with Crippen LogP contribution in [0.1, 0.15) is 27.7 Å². The number of rotatable bonds is 5. The summed E-state index contributed by atoms with van der Waals surface area (Å²) in [5, 5.41) is 0. The third kappa shape index (κ3) is 2.79. The number of para-hydroxylation sites is 2. The normalized spacial score (nSPS) is 19.3. The van der Waals surface area contributed by atoms with Gasteiger partial charge in [-0.2, -0.15) is 0 Å². The quantitative estimate of drug-likeness (QED) is 0.758. The van der Waals surface area contributed by atoms with Crippen LogP contribution in [0.25, 0.3) is 0 Å². The third-order valence-corrected chi connectivity index (χ3v) is 4.74. The predicted molar refractivity (Wildman–Crippen MR) is 99.4 cm³/mol. The molecule has 3 rings (SSSR count). The summed E-state index contributed by atoms with van der Waals surface area (Å²) in [6.07, 6.45) is 0. The van der Waals surface area contributed by atoms with Crippen LogP contribution in [0.15, 0.2) is 60.7 Å². The van der Waals surface area contributed by atoms with Gasteiger partial charge in [0.2, 0.25) is 5.91 Å². The highest BCUT2D eigenvalue weighted by atomic mass is 16.2. The van der Waals surface area contributed by atoms with Gasteiger partial charge in [0, 0.05) is 17.9 Å². The second-order valence-corrected chi connectivity index (χ2v) is 7.44. The predicted octanol–water partition coefficient (Wildman–Crippen LogP) is 4.47. The maximum absolute atomic E-state index is 13.0. The molecule has 1 amide bonds. The minimum Gasteiger partial charge on any atom is -0.333 e. The van der Waals surface area contributed by atoms with E-state index in [1.807, 2.05) is 41.3 Å². The molecule has 0 unspecified atom stereocenters. The Hall–Kier alpha value is -2.29. The van der Waals surface area contributed by atoms with Crippen molar-refractivity contribution in [3.05, 3.63) is 60.7 Å². The monoisotopic (exact) mass is 322 g/mol. The number of nitrogens with zero attached hydrogens (tertiary/aromatic N) is 2. The van der Waals surface area contributed by atoms with Crippen LogP contribution in [0.2, 0.25) is 0 Å². The molecule has 0 radical (unpaired) electrons. The van der Waals surface area contributed by atoms with Gasteiger partial charge in [0.25, 0.3) is 0 Å². The Kier molecular flexibility index (Phi) is 4.35. The molecule has 1 fully saturated rings. The Morgan fingerprint density at radius 2 is 1.42 bits per heavy atom. The second-order valence-electron chi connectivity index (χ2n) is 7.44. The minimum atomic E-state index is -0.201. The van der Waals surface area contributed by atoms with Gasteiger partial charge in [0.15, 0.2) is 0 Å². The molecule has 0 aromatic heterocycles. The molecule has 2 aromatic rings. The smallest absolute Gasteiger partial charge is 0.248 e. The topological polar surface area (TPSA) is 23.6 Å². The molecular formula is C21H26N2O. The summed E-state index contributed by atoms with van der Waals surface area (Å²) in [4.78, 5) is 17.2. The van der Waals surface area contributed by atoms with Crippen molar-refractivity contribution in [1.82, 2.24) is 4.90 Å². The summed E-state index contributed by atoms with van der Waals surface area (Å²) in [5.41, 5.74) is 1.91. The molecule has 1 atom stereocenters. The molecule has 0 N–H and O–H groups in total. The fraction of sp³-hybridized carbons (Fsp3) is 0.381. The van der Waals surface area contributed by atoms with Crippen molar-refractivity contribution in [3.8, 4) is 0 Å². The molecule has 0 spiro atoms. The zero-order valence-corrected chi connectivity index (χ0v) is 14.9. The Bertz CT molecular complexity index is 655. The van der Waals surface area contributed by atoms with Crippen LogP contribution in [0, 0.1) is 5.92 Å². The molecule has 1 aliphatic heterocycles. The first-order valence-corrected chi connectivity index (χ1v) is 8.63. The van der Waals surface area contributed by atoms with Crippen LogP contribution < -0.4 is 4.90 Å².